The lowest BCUT2D eigenvalue weighted by Gasteiger charge is -2.17. The van der Waals surface area contributed by atoms with Gasteiger partial charge in [-0.05, 0) is 20.0 Å². The quantitative estimate of drug-likeness (QED) is 0.687. The number of rotatable bonds is 8. The molecule has 0 aliphatic heterocycles. The van der Waals surface area contributed by atoms with Crippen LogP contribution in [0.5, 0.6) is 5.75 Å². The third-order valence-corrected chi connectivity index (χ3v) is 2.62. The summed E-state index contributed by atoms with van der Waals surface area (Å²) in [5, 5.41) is 5.82. The second-order valence-electron chi connectivity index (χ2n) is 4.18. The molecule has 0 bridgehead atoms. The molecule has 1 rings (SSSR count). The zero-order valence-electron chi connectivity index (χ0n) is 11.7. The van der Waals surface area contributed by atoms with Crippen LogP contribution in [0, 0.1) is 0 Å². The Morgan fingerprint density at radius 3 is 2.79 bits per heavy atom. The second kappa shape index (κ2) is 8.50. The van der Waals surface area contributed by atoms with Crippen molar-refractivity contribution in [3.05, 3.63) is 29.8 Å². The topological polar surface area (TPSA) is 59.6 Å². The number of hydrogen-bond acceptors (Lipinski definition) is 4. The third-order valence-electron chi connectivity index (χ3n) is 2.62. The maximum absolute atomic E-state index is 11.8. The molecule has 0 aliphatic carbocycles. The Bertz CT molecular complexity index is 396. The highest BCUT2D eigenvalue weighted by Crippen LogP contribution is 2.19. The van der Waals surface area contributed by atoms with Gasteiger partial charge in [0.15, 0.2) is 6.10 Å². The molecule has 5 heteroatoms. The van der Waals surface area contributed by atoms with Gasteiger partial charge < -0.3 is 20.1 Å². The summed E-state index contributed by atoms with van der Waals surface area (Å²) < 4.78 is 10.6. The molecule has 1 aromatic carbocycles. The molecule has 0 heterocycles. The number of para-hydroxylation sites is 1. The molecule has 19 heavy (non-hydrogen) atoms. The standard InChI is InChI=1S/C14H22N2O3/c1-11(14(17)16-8-9-18-3)19-13-7-5-4-6-12(13)10-15-2/h4-7,11,15H,8-10H2,1-3H3,(H,16,17). The minimum absolute atomic E-state index is 0.142. The molecule has 1 atom stereocenters. The van der Waals surface area contributed by atoms with Gasteiger partial charge in [0, 0.05) is 25.8 Å². The minimum atomic E-state index is -0.533. The van der Waals surface area contributed by atoms with E-state index < -0.39 is 6.10 Å². The maximum Gasteiger partial charge on any atom is 0.260 e. The van der Waals surface area contributed by atoms with Gasteiger partial charge in [0.1, 0.15) is 5.75 Å². The van der Waals surface area contributed by atoms with Gasteiger partial charge in [-0.15, -0.1) is 0 Å². The van der Waals surface area contributed by atoms with Gasteiger partial charge in [-0.1, -0.05) is 18.2 Å². The smallest absolute Gasteiger partial charge is 0.260 e. The molecule has 106 valence electrons. The van der Waals surface area contributed by atoms with Crippen LogP contribution >= 0.6 is 0 Å². The van der Waals surface area contributed by atoms with E-state index in [0.29, 0.717) is 19.7 Å². The van der Waals surface area contributed by atoms with E-state index in [1.54, 1.807) is 14.0 Å². The van der Waals surface area contributed by atoms with Gasteiger partial charge >= 0.3 is 0 Å². The third kappa shape index (κ3) is 5.28. The Balaban J connectivity index is 2.55. The first-order valence-corrected chi connectivity index (χ1v) is 6.34. The SMILES string of the molecule is CNCc1ccccc1OC(C)C(=O)NCCOC. The second-order valence-corrected chi connectivity index (χ2v) is 4.18. The minimum Gasteiger partial charge on any atom is -0.481 e. The van der Waals surface area contributed by atoms with E-state index in [2.05, 4.69) is 10.6 Å². The molecule has 1 aromatic rings. The molecule has 1 amide bonds. The van der Waals surface area contributed by atoms with Crippen molar-refractivity contribution in [3.8, 4) is 5.75 Å². The summed E-state index contributed by atoms with van der Waals surface area (Å²) in [7, 11) is 3.47. The van der Waals surface area contributed by atoms with E-state index in [-0.39, 0.29) is 5.91 Å². The van der Waals surface area contributed by atoms with Crippen molar-refractivity contribution in [3.63, 3.8) is 0 Å². The van der Waals surface area contributed by atoms with Crippen molar-refractivity contribution in [2.45, 2.75) is 19.6 Å². The van der Waals surface area contributed by atoms with Crippen LogP contribution in [0.3, 0.4) is 0 Å². The van der Waals surface area contributed by atoms with Crippen LogP contribution in [-0.4, -0.2) is 39.3 Å². The predicted octanol–water partition coefficient (Wildman–Crippen LogP) is 0.936. The van der Waals surface area contributed by atoms with Gasteiger partial charge in [-0.2, -0.15) is 0 Å². The van der Waals surface area contributed by atoms with Crippen molar-refractivity contribution < 1.29 is 14.3 Å². The predicted molar refractivity (Wildman–Crippen MR) is 74.2 cm³/mol. The van der Waals surface area contributed by atoms with E-state index in [4.69, 9.17) is 9.47 Å². The van der Waals surface area contributed by atoms with Crippen molar-refractivity contribution in [1.82, 2.24) is 10.6 Å². The number of benzene rings is 1. The number of hydrogen-bond donors (Lipinski definition) is 2. The van der Waals surface area contributed by atoms with Gasteiger partial charge in [0.25, 0.3) is 5.91 Å². The van der Waals surface area contributed by atoms with Crippen molar-refractivity contribution in [2.24, 2.45) is 0 Å². The number of methoxy groups -OCH3 is 1. The summed E-state index contributed by atoms with van der Waals surface area (Å²) >= 11 is 0. The number of carbonyl (C=O) groups excluding carboxylic acids is 1. The Morgan fingerprint density at radius 1 is 1.37 bits per heavy atom. The molecule has 1 unspecified atom stereocenters. The Labute approximate surface area is 114 Å². The van der Waals surface area contributed by atoms with E-state index in [1.807, 2.05) is 31.3 Å². The van der Waals surface area contributed by atoms with Gasteiger partial charge in [0.05, 0.1) is 6.61 Å². The monoisotopic (exact) mass is 266 g/mol. The van der Waals surface area contributed by atoms with Crippen molar-refractivity contribution >= 4 is 5.91 Å². The van der Waals surface area contributed by atoms with Crippen LogP contribution in [0.25, 0.3) is 0 Å². The molecule has 0 aromatic heterocycles. The Hall–Kier alpha value is -1.59. The molecule has 0 fully saturated rings. The molecule has 5 nitrogen and oxygen atoms in total. The summed E-state index contributed by atoms with van der Waals surface area (Å²) in [6.45, 7) is 3.42. The lowest BCUT2D eigenvalue weighted by atomic mass is 10.2. The number of amides is 1. The Kier molecular flexibility index (Phi) is 6.92. The first kappa shape index (κ1) is 15.5. The van der Waals surface area contributed by atoms with Gasteiger partial charge in [0.2, 0.25) is 0 Å². The summed E-state index contributed by atoms with van der Waals surface area (Å²) in [6.07, 6.45) is -0.533. The first-order valence-electron chi connectivity index (χ1n) is 6.34. The fraction of sp³-hybridized carbons (Fsp3) is 0.500. The average Bonchev–Trinajstić information content (AvgIpc) is 2.41. The van der Waals surface area contributed by atoms with Crippen LogP contribution in [0.2, 0.25) is 0 Å². The molecule has 0 saturated heterocycles. The van der Waals surface area contributed by atoms with Crippen LogP contribution in [0.4, 0.5) is 0 Å². The molecular formula is C14H22N2O3. The number of ether oxygens (including phenoxy) is 2. The van der Waals surface area contributed by atoms with Crippen LogP contribution in [0.1, 0.15) is 12.5 Å². The van der Waals surface area contributed by atoms with Crippen LogP contribution in [0.15, 0.2) is 24.3 Å². The van der Waals surface area contributed by atoms with E-state index >= 15 is 0 Å². The molecule has 0 saturated carbocycles. The molecule has 0 aliphatic rings. The molecule has 0 spiro atoms. The van der Waals surface area contributed by atoms with Gasteiger partial charge in [-0.3, -0.25) is 4.79 Å². The van der Waals surface area contributed by atoms with E-state index in [1.165, 1.54) is 0 Å². The highest BCUT2D eigenvalue weighted by molar-refractivity contribution is 5.80. The fourth-order valence-electron chi connectivity index (χ4n) is 1.62. The Morgan fingerprint density at radius 2 is 2.11 bits per heavy atom. The van der Waals surface area contributed by atoms with E-state index in [9.17, 15) is 4.79 Å². The zero-order chi connectivity index (χ0) is 14.1. The fourth-order valence-corrected chi connectivity index (χ4v) is 1.62. The highest BCUT2D eigenvalue weighted by Gasteiger charge is 2.15. The maximum atomic E-state index is 11.8. The largest absolute Gasteiger partial charge is 0.481 e. The van der Waals surface area contributed by atoms with Crippen LogP contribution < -0.4 is 15.4 Å². The first-order chi connectivity index (χ1) is 9.19. The summed E-state index contributed by atoms with van der Waals surface area (Å²) in [5.41, 5.74) is 1.03. The van der Waals surface area contributed by atoms with Crippen LogP contribution in [-0.2, 0) is 16.1 Å². The number of carbonyl (C=O) groups is 1. The molecule has 2 N–H and O–H groups in total. The summed E-state index contributed by atoms with van der Waals surface area (Å²) in [5.74, 6) is 0.586. The average molecular weight is 266 g/mol. The van der Waals surface area contributed by atoms with E-state index in [0.717, 1.165) is 11.3 Å². The van der Waals surface area contributed by atoms with Gasteiger partial charge in [-0.25, -0.2) is 0 Å². The molecular weight excluding hydrogens is 244 g/mol. The molecule has 0 radical (unpaired) electrons. The summed E-state index contributed by atoms with van der Waals surface area (Å²) in [6, 6.07) is 7.68. The normalized spacial score (nSPS) is 11.9. The number of nitrogens with one attached hydrogen (secondary N) is 2. The lowest BCUT2D eigenvalue weighted by molar-refractivity contribution is -0.127. The van der Waals surface area contributed by atoms with Crippen molar-refractivity contribution in [2.75, 3.05) is 27.3 Å². The zero-order valence-corrected chi connectivity index (χ0v) is 11.7. The summed E-state index contributed by atoms with van der Waals surface area (Å²) in [4.78, 5) is 11.8. The van der Waals surface area contributed by atoms with Crippen molar-refractivity contribution in [1.29, 1.82) is 0 Å². The lowest BCUT2D eigenvalue weighted by Crippen LogP contribution is -2.38. The highest BCUT2D eigenvalue weighted by atomic mass is 16.5.